The Kier molecular flexibility index (Phi) is 6.25. The summed E-state index contributed by atoms with van der Waals surface area (Å²) in [5.74, 6) is 0. The molecule has 2 aliphatic rings. The van der Waals surface area contributed by atoms with Crippen LogP contribution in [0.5, 0.6) is 0 Å². The van der Waals surface area contributed by atoms with Crippen LogP contribution in [-0.2, 0) is 6.54 Å². The smallest absolute Gasteiger partial charge is 0.294 e. The molecule has 2 aromatic rings. The van der Waals surface area contributed by atoms with Crippen molar-refractivity contribution < 1.29 is 4.92 Å². The second-order valence-corrected chi connectivity index (χ2v) is 8.59. The van der Waals surface area contributed by atoms with Crippen molar-refractivity contribution in [2.75, 3.05) is 44.2 Å². The molecule has 0 radical (unpaired) electrons. The van der Waals surface area contributed by atoms with Gasteiger partial charge in [0.05, 0.1) is 4.92 Å². The van der Waals surface area contributed by atoms with Crippen LogP contribution in [0.4, 0.5) is 11.4 Å². The number of hydrogen-bond acceptors (Lipinski definition) is 5. The van der Waals surface area contributed by atoms with Gasteiger partial charge < -0.3 is 4.90 Å². The predicted molar refractivity (Wildman–Crippen MR) is 117 cm³/mol. The zero-order chi connectivity index (χ0) is 20.4. The van der Waals surface area contributed by atoms with E-state index in [1.165, 1.54) is 11.6 Å². The highest BCUT2D eigenvalue weighted by Crippen LogP contribution is 2.34. The minimum Gasteiger partial charge on any atom is -0.364 e. The summed E-state index contributed by atoms with van der Waals surface area (Å²) < 4.78 is 0. The third-order valence-electron chi connectivity index (χ3n) is 5.88. The summed E-state index contributed by atoms with van der Waals surface area (Å²) in [6, 6.07) is 13.4. The molecule has 8 heteroatoms. The van der Waals surface area contributed by atoms with Crippen LogP contribution in [0.2, 0.25) is 10.0 Å². The number of rotatable bonds is 5. The summed E-state index contributed by atoms with van der Waals surface area (Å²) in [5.41, 5.74) is 2.04. The Morgan fingerprint density at radius 2 is 1.66 bits per heavy atom. The third kappa shape index (κ3) is 4.83. The first-order valence-corrected chi connectivity index (χ1v) is 10.6. The first-order valence-electron chi connectivity index (χ1n) is 9.89. The van der Waals surface area contributed by atoms with Crippen LogP contribution in [-0.4, -0.2) is 60.0 Å². The maximum atomic E-state index is 11.4. The number of nitro groups is 1. The van der Waals surface area contributed by atoms with Crippen molar-refractivity contribution >= 4 is 34.6 Å². The number of benzene rings is 2. The Labute approximate surface area is 180 Å². The van der Waals surface area contributed by atoms with Gasteiger partial charge >= 0.3 is 0 Å². The van der Waals surface area contributed by atoms with Crippen molar-refractivity contribution in [2.24, 2.45) is 0 Å². The van der Waals surface area contributed by atoms with E-state index in [0.29, 0.717) is 16.8 Å². The summed E-state index contributed by atoms with van der Waals surface area (Å²) in [4.78, 5) is 18.2. The fourth-order valence-corrected chi connectivity index (χ4v) is 4.60. The summed E-state index contributed by atoms with van der Waals surface area (Å²) >= 11 is 11.9. The molecule has 0 aromatic heterocycles. The Morgan fingerprint density at radius 3 is 2.34 bits per heavy atom. The number of halogens is 2. The van der Waals surface area contributed by atoms with Gasteiger partial charge in [-0.25, -0.2) is 0 Å². The van der Waals surface area contributed by atoms with E-state index in [-0.39, 0.29) is 10.6 Å². The molecule has 2 fully saturated rings. The lowest BCUT2D eigenvalue weighted by atomic mass is 10.1. The van der Waals surface area contributed by atoms with Crippen molar-refractivity contribution in [3.63, 3.8) is 0 Å². The molecule has 2 saturated heterocycles. The molecule has 0 bridgehead atoms. The van der Waals surface area contributed by atoms with Gasteiger partial charge in [-0.1, -0.05) is 35.3 Å². The predicted octanol–water partition coefficient (Wildman–Crippen LogP) is 4.30. The van der Waals surface area contributed by atoms with Crippen LogP contribution in [0.1, 0.15) is 12.0 Å². The first-order chi connectivity index (χ1) is 14.0. The SMILES string of the molecule is O=[N+]([O-])c1cc(Cl)ccc1N1CCC(N2CCN(Cc3ccc(Cl)cc3)CC2)C1. The topological polar surface area (TPSA) is 52.9 Å². The molecule has 154 valence electrons. The minimum absolute atomic E-state index is 0.0888. The fourth-order valence-electron chi connectivity index (χ4n) is 4.30. The molecule has 0 saturated carbocycles. The lowest BCUT2D eigenvalue weighted by Gasteiger charge is -2.38. The van der Waals surface area contributed by atoms with E-state index in [1.807, 2.05) is 12.1 Å². The normalized spacial score (nSPS) is 20.9. The average Bonchev–Trinajstić information content (AvgIpc) is 3.20. The van der Waals surface area contributed by atoms with Crippen LogP contribution < -0.4 is 4.90 Å². The highest BCUT2D eigenvalue weighted by molar-refractivity contribution is 6.31. The molecule has 2 aliphatic heterocycles. The molecule has 0 spiro atoms. The zero-order valence-corrected chi connectivity index (χ0v) is 17.6. The molecular weight excluding hydrogens is 411 g/mol. The molecule has 29 heavy (non-hydrogen) atoms. The van der Waals surface area contributed by atoms with Crippen molar-refractivity contribution in [3.8, 4) is 0 Å². The Hall–Kier alpha value is -1.86. The van der Waals surface area contributed by atoms with Gasteiger partial charge in [0.1, 0.15) is 5.69 Å². The van der Waals surface area contributed by atoms with Gasteiger partial charge in [-0.15, -0.1) is 0 Å². The van der Waals surface area contributed by atoms with E-state index in [4.69, 9.17) is 23.2 Å². The maximum Gasteiger partial charge on any atom is 0.294 e. The first kappa shape index (κ1) is 20.4. The molecule has 2 aromatic carbocycles. The third-order valence-corrected chi connectivity index (χ3v) is 6.37. The van der Waals surface area contributed by atoms with Crippen molar-refractivity contribution in [1.29, 1.82) is 0 Å². The van der Waals surface area contributed by atoms with Gasteiger partial charge in [0.2, 0.25) is 0 Å². The number of nitrogens with zero attached hydrogens (tertiary/aromatic N) is 4. The Morgan fingerprint density at radius 1 is 0.966 bits per heavy atom. The molecule has 6 nitrogen and oxygen atoms in total. The zero-order valence-electron chi connectivity index (χ0n) is 16.1. The summed E-state index contributed by atoms with van der Waals surface area (Å²) in [6.07, 6.45) is 1.02. The van der Waals surface area contributed by atoms with E-state index in [0.717, 1.165) is 57.3 Å². The Bertz CT molecular complexity index is 869. The molecular formula is C21H24Cl2N4O2. The fraction of sp³-hybridized carbons (Fsp3) is 0.429. The molecule has 0 amide bonds. The van der Waals surface area contributed by atoms with E-state index in [2.05, 4.69) is 26.8 Å². The summed E-state index contributed by atoms with van der Waals surface area (Å²) in [6.45, 7) is 6.70. The monoisotopic (exact) mass is 434 g/mol. The summed E-state index contributed by atoms with van der Waals surface area (Å²) in [5, 5.41) is 12.6. The van der Waals surface area contributed by atoms with Gasteiger partial charge in [0.25, 0.3) is 5.69 Å². The highest BCUT2D eigenvalue weighted by Gasteiger charge is 2.32. The van der Waals surface area contributed by atoms with Crippen LogP contribution in [0, 0.1) is 10.1 Å². The minimum atomic E-state index is -0.343. The average molecular weight is 435 g/mol. The van der Waals surface area contributed by atoms with Crippen LogP contribution in [0.15, 0.2) is 42.5 Å². The number of piperazine rings is 1. The van der Waals surface area contributed by atoms with E-state index in [9.17, 15) is 10.1 Å². The summed E-state index contributed by atoms with van der Waals surface area (Å²) in [7, 11) is 0. The van der Waals surface area contributed by atoms with Crippen LogP contribution in [0.25, 0.3) is 0 Å². The maximum absolute atomic E-state index is 11.4. The second-order valence-electron chi connectivity index (χ2n) is 7.72. The van der Waals surface area contributed by atoms with Gasteiger partial charge in [-0.3, -0.25) is 19.9 Å². The van der Waals surface area contributed by atoms with E-state index >= 15 is 0 Å². The van der Waals surface area contributed by atoms with Crippen molar-refractivity contribution in [3.05, 3.63) is 68.2 Å². The molecule has 0 aliphatic carbocycles. The van der Waals surface area contributed by atoms with Crippen molar-refractivity contribution in [1.82, 2.24) is 9.80 Å². The standard InChI is InChI=1S/C21H24Cl2N4O2/c22-17-3-1-16(2-4-17)14-24-9-11-25(12-10-24)19-7-8-26(15-19)20-6-5-18(23)13-21(20)27(28)29/h1-6,13,19H,7-12,14-15H2. The molecule has 0 N–H and O–H groups in total. The number of nitro benzene ring substituents is 1. The lowest BCUT2D eigenvalue weighted by Crippen LogP contribution is -2.50. The van der Waals surface area contributed by atoms with Crippen molar-refractivity contribution in [2.45, 2.75) is 19.0 Å². The highest BCUT2D eigenvalue weighted by atomic mass is 35.5. The molecule has 2 heterocycles. The van der Waals surface area contributed by atoms with E-state index < -0.39 is 0 Å². The lowest BCUT2D eigenvalue weighted by molar-refractivity contribution is -0.384. The van der Waals surface area contributed by atoms with Crippen LogP contribution in [0.3, 0.4) is 0 Å². The van der Waals surface area contributed by atoms with Gasteiger partial charge in [-0.05, 0) is 36.2 Å². The Balaban J connectivity index is 1.33. The quantitative estimate of drug-likeness (QED) is 0.518. The van der Waals surface area contributed by atoms with Gasteiger partial charge in [0, 0.05) is 68.0 Å². The second kappa shape index (κ2) is 8.88. The number of hydrogen-bond donors (Lipinski definition) is 0. The molecule has 4 rings (SSSR count). The largest absolute Gasteiger partial charge is 0.364 e. The van der Waals surface area contributed by atoms with Gasteiger partial charge in [-0.2, -0.15) is 0 Å². The molecule has 1 unspecified atom stereocenters. The van der Waals surface area contributed by atoms with Crippen LogP contribution >= 0.6 is 23.2 Å². The van der Waals surface area contributed by atoms with E-state index in [1.54, 1.807) is 12.1 Å². The molecule has 1 atom stereocenters. The van der Waals surface area contributed by atoms with Gasteiger partial charge in [0.15, 0.2) is 0 Å². The number of anilines is 1.